The van der Waals surface area contributed by atoms with E-state index in [2.05, 4.69) is 15.7 Å². The molecule has 2 aromatic carbocycles. The first-order valence-corrected chi connectivity index (χ1v) is 8.86. The Kier molecular flexibility index (Phi) is 5.71. The summed E-state index contributed by atoms with van der Waals surface area (Å²) in [4.78, 5) is 12.1. The summed E-state index contributed by atoms with van der Waals surface area (Å²) in [5.74, 6) is 0.421. The predicted molar refractivity (Wildman–Crippen MR) is 107 cm³/mol. The highest BCUT2D eigenvalue weighted by molar-refractivity contribution is 6.36. The first-order valence-electron chi connectivity index (χ1n) is 7.73. The summed E-state index contributed by atoms with van der Waals surface area (Å²) in [6.45, 7) is 2.29. The second kappa shape index (κ2) is 7.99. The molecule has 1 aromatic heterocycles. The lowest BCUT2D eigenvalue weighted by molar-refractivity contribution is 0.262. The molecule has 1 heterocycles. The number of hydrogen-bond acceptors (Lipinski definition) is 2. The number of nitrogens with one attached hydrogen (secondary N) is 2. The van der Waals surface area contributed by atoms with Crippen LogP contribution in [-0.2, 0) is 6.54 Å². The van der Waals surface area contributed by atoms with Crippen molar-refractivity contribution >= 4 is 52.3 Å². The average molecular weight is 410 g/mol. The van der Waals surface area contributed by atoms with Crippen LogP contribution in [0, 0.1) is 6.92 Å². The van der Waals surface area contributed by atoms with E-state index in [9.17, 15) is 4.79 Å². The number of rotatable bonds is 4. The van der Waals surface area contributed by atoms with Gasteiger partial charge in [0, 0.05) is 38.1 Å². The van der Waals surface area contributed by atoms with Crippen molar-refractivity contribution < 1.29 is 4.79 Å². The minimum Gasteiger partial charge on any atom is -0.308 e. The van der Waals surface area contributed by atoms with Gasteiger partial charge >= 0.3 is 6.03 Å². The zero-order chi connectivity index (χ0) is 18.7. The van der Waals surface area contributed by atoms with E-state index in [-0.39, 0.29) is 0 Å². The Hall–Kier alpha value is -2.21. The van der Waals surface area contributed by atoms with Gasteiger partial charge in [-0.3, -0.25) is 10.00 Å². The maximum Gasteiger partial charge on any atom is 0.324 e. The predicted octanol–water partition coefficient (Wildman–Crippen LogP) is 5.84. The van der Waals surface area contributed by atoms with Crippen LogP contribution in [0.3, 0.4) is 0 Å². The Labute approximate surface area is 165 Å². The van der Waals surface area contributed by atoms with Crippen molar-refractivity contribution in [3.05, 3.63) is 74.9 Å². The van der Waals surface area contributed by atoms with Crippen molar-refractivity contribution in [1.29, 1.82) is 0 Å². The summed E-state index contributed by atoms with van der Waals surface area (Å²) in [5.41, 5.74) is 2.23. The lowest BCUT2D eigenvalue weighted by atomic mass is 10.2. The number of carbonyl (C=O) groups excluding carboxylic acids is 1. The average Bonchev–Trinajstić information content (AvgIpc) is 2.90. The summed E-state index contributed by atoms with van der Waals surface area (Å²) in [6, 6.07) is 13.6. The Morgan fingerprint density at radius 1 is 1.04 bits per heavy atom. The van der Waals surface area contributed by atoms with E-state index < -0.39 is 6.03 Å². The summed E-state index contributed by atoms with van der Waals surface area (Å²) in [5, 5.41) is 11.5. The summed E-state index contributed by atoms with van der Waals surface area (Å²) < 4.78 is 1.72. The molecule has 26 heavy (non-hydrogen) atoms. The normalized spacial score (nSPS) is 10.6. The first kappa shape index (κ1) is 18.6. The third kappa shape index (κ3) is 4.49. The van der Waals surface area contributed by atoms with Gasteiger partial charge in [0.05, 0.1) is 6.54 Å². The van der Waals surface area contributed by atoms with Crippen molar-refractivity contribution in [2.24, 2.45) is 0 Å². The lowest BCUT2D eigenvalue weighted by Crippen LogP contribution is -2.19. The van der Waals surface area contributed by atoms with Crippen LogP contribution in [-0.4, -0.2) is 15.8 Å². The van der Waals surface area contributed by atoms with Gasteiger partial charge in [0.1, 0.15) is 0 Å². The van der Waals surface area contributed by atoms with Gasteiger partial charge in [0.2, 0.25) is 0 Å². The molecular formula is C18H15Cl3N4O. The van der Waals surface area contributed by atoms with Crippen LogP contribution in [0.5, 0.6) is 0 Å². The molecule has 0 saturated carbocycles. The van der Waals surface area contributed by atoms with Crippen LogP contribution in [0.1, 0.15) is 11.3 Å². The molecule has 0 saturated heterocycles. The number of nitrogens with zero attached hydrogens (tertiary/aromatic N) is 2. The summed E-state index contributed by atoms with van der Waals surface area (Å²) in [6.07, 6.45) is 0. The Morgan fingerprint density at radius 2 is 1.73 bits per heavy atom. The van der Waals surface area contributed by atoms with E-state index in [0.29, 0.717) is 33.1 Å². The molecule has 3 aromatic rings. The first-order chi connectivity index (χ1) is 12.4. The lowest BCUT2D eigenvalue weighted by Gasteiger charge is -2.09. The monoisotopic (exact) mass is 408 g/mol. The molecule has 0 aliphatic carbocycles. The number of aryl methyl sites for hydroxylation is 1. The van der Waals surface area contributed by atoms with Crippen LogP contribution in [0.4, 0.5) is 16.3 Å². The molecule has 0 fully saturated rings. The maximum atomic E-state index is 12.1. The number of anilines is 2. The van der Waals surface area contributed by atoms with E-state index in [4.69, 9.17) is 34.8 Å². The van der Waals surface area contributed by atoms with Crippen molar-refractivity contribution in [1.82, 2.24) is 9.78 Å². The van der Waals surface area contributed by atoms with E-state index >= 15 is 0 Å². The van der Waals surface area contributed by atoms with Crippen LogP contribution >= 0.6 is 34.8 Å². The highest BCUT2D eigenvalue weighted by Crippen LogP contribution is 2.26. The Morgan fingerprint density at radius 3 is 2.42 bits per heavy atom. The Bertz CT molecular complexity index is 935. The van der Waals surface area contributed by atoms with Crippen molar-refractivity contribution in [3.8, 4) is 0 Å². The smallest absolute Gasteiger partial charge is 0.308 e. The van der Waals surface area contributed by atoms with Gasteiger partial charge in [-0.05, 0) is 37.3 Å². The number of urea groups is 1. The van der Waals surface area contributed by atoms with Crippen molar-refractivity contribution in [3.63, 3.8) is 0 Å². The quantitative estimate of drug-likeness (QED) is 0.568. The van der Waals surface area contributed by atoms with Crippen LogP contribution in [0.15, 0.2) is 48.5 Å². The number of amides is 2. The molecule has 8 heteroatoms. The zero-order valence-corrected chi connectivity index (χ0v) is 16.0. The van der Waals surface area contributed by atoms with Gasteiger partial charge in [-0.15, -0.1) is 0 Å². The molecule has 2 N–H and O–H groups in total. The van der Waals surface area contributed by atoms with Crippen molar-refractivity contribution in [2.75, 3.05) is 10.6 Å². The van der Waals surface area contributed by atoms with Crippen LogP contribution in [0.25, 0.3) is 0 Å². The minimum atomic E-state index is -0.410. The molecule has 0 unspecified atom stereocenters. The molecule has 0 aliphatic heterocycles. The van der Waals surface area contributed by atoms with Gasteiger partial charge in [-0.2, -0.15) is 5.10 Å². The molecule has 5 nitrogen and oxygen atoms in total. The number of benzene rings is 2. The summed E-state index contributed by atoms with van der Waals surface area (Å²) in [7, 11) is 0. The molecular weight excluding hydrogens is 395 g/mol. The van der Waals surface area contributed by atoms with Gasteiger partial charge in [0.15, 0.2) is 5.82 Å². The molecule has 134 valence electrons. The third-order valence-electron chi connectivity index (χ3n) is 3.67. The number of aromatic nitrogens is 2. The second-order valence-corrected chi connectivity index (χ2v) is 6.87. The molecule has 0 spiro atoms. The standard InChI is InChI=1S/C18H15Cl3N4O/c1-11-8-17(23-18(26)22-13-5-2-4-12(19)9-13)24-25(11)10-14-15(20)6-3-7-16(14)21/h2-9H,10H2,1H3,(H2,22,23,24,26). The van der Waals surface area contributed by atoms with Crippen LogP contribution < -0.4 is 10.6 Å². The topological polar surface area (TPSA) is 59.0 Å². The Balaban J connectivity index is 1.71. The fourth-order valence-electron chi connectivity index (χ4n) is 2.41. The van der Waals surface area contributed by atoms with E-state index in [0.717, 1.165) is 11.3 Å². The van der Waals surface area contributed by atoms with Crippen molar-refractivity contribution in [2.45, 2.75) is 13.5 Å². The zero-order valence-electron chi connectivity index (χ0n) is 13.8. The second-order valence-electron chi connectivity index (χ2n) is 5.62. The number of halogens is 3. The molecule has 0 radical (unpaired) electrons. The molecule has 0 aliphatic rings. The van der Waals surface area contributed by atoms with E-state index in [1.54, 1.807) is 53.2 Å². The highest BCUT2D eigenvalue weighted by atomic mass is 35.5. The van der Waals surface area contributed by atoms with Gasteiger partial charge < -0.3 is 5.32 Å². The highest BCUT2D eigenvalue weighted by Gasteiger charge is 2.12. The number of hydrogen-bond donors (Lipinski definition) is 2. The van der Waals surface area contributed by atoms with Gasteiger partial charge in [0.25, 0.3) is 0 Å². The van der Waals surface area contributed by atoms with E-state index in [1.807, 2.05) is 6.92 Å². The maximum absolute atomic E-state index is 12.1. The summed E-state index contributed by atoms with van der Waals surface area (Å²) >= 11 is 18.3. The molecule has 2 amide bonds. The molecule has 3 rings (SSSR count). The number of carbonyl (C=O) groups is 1. The molecule has 0 atom stereocenters. The third-order valence-corrected chi connectivity index (χ3v) is 4.62. The van der Waals surface area contributed by atoms with Gasteiger partial charge in [-0.1, -0.05) is 46.9 Å². The van der Waals surface area contributed by atoms with Crippen LogP contribution in [0.2, 0.25) is 15.1 Å². The fourth-order valence-corrected chi connectivity index (χ4v) is 3.12. The molecule has 0 bridgehead atoms. The van der Waals surface area contributed by atoms with Gasteiger partial charge in [-0.25, -0.2) is 4.79 Å². The fraction of sp³-hybridized carbons (Fsp3) is 0.111. The largest absolute Gasteiger partial charge is 0.324 e. The minimum absolute atomic E-state index is 0.405. The van der Waals surface area contributed by atoms with E-state index in [1.165, 1.54) is 0 Å². The SMILES string of the molecule is Cc1cc(NC(=O)Nc2cccc(Cl)c2)nn1Cc1c(Cl)cccc1Cl.